The van der Waals surface area contributed by atoms with E-state index in [1.54, 1.807) is 20.8 Å². The van der Waals surface area contributed by atoms with Crippen molar-refractivity contribution < 1.29 is 23.8 Å². The Labute approximate surface area is 155 Å². The number of nitrogens with zero attached hydrogens (tertiary/aromatic N) is 1. The van der Waals surface area contributed by atoms with Gasteiger partial charge in [-0.05, 0) is 40.2 Å². The Morgan fingerprint density at radius 2 is 1.69 bits per heavy atom. The summed E-state index contributed by atoms with van der Waals surface area (Å²) in [5, 5.41) is 0. The maximum atomic E-state index is 12.5. The van der Waals surface area contributed by atoms with Gasteiger partial charge in [-0.1, -0.05) is 30.3 Å². The van der Waals surface area contributed by atoms with Crippen molar-refractivity contribution in [2.45, 2.75) is 64.4 Å². The van der Waals surface area contributed by atoms with Crippen LogP contribution in [0.25, 0.3) is 0 Å². The summed E-state index contributed by atoms with van der Waals surface area (Å²) in [6, 6.07) is 9.16. The van der Waals surface area contributed by atoms with Gasteiger partial charge in [-0.3, -0.25) is 4.90 Å². The summed E-state index contributed by atoms with van der Waals surface area (Å²) in [5.74, 6) is -0.459. The van der Waals surface area contributed by atoms with Crippen molar-refractivity contribution in [1.82, 2.24) is 4.90 Å². The molecule has 0 saturated carbocycles. The summed E-state index contributed by atoms with van der Waals surface area (Å²) in [7, 11) is 1.32. The molecule has 0 radical (unpaired) electrons. The number of ether oxygens (including phenoxy) is 3. The first-order valence-electron chi connectivity index (χ1n) is 8.84. The molecule has 1 heterocycles. The average Bonchev–Trinajstić information content (AvgIpc) is 2.96. The van der Waals surface area contributed by atoms with Gasteiger partial charge in [0.05, 0.1) is 25.4 Å². The fourth-order valence-electron chi connectivity index (χ4n) is 3.09. The monoisotopic (exact) mass is 363 g/mol. The number of carbonyl (C=O) groups excluding carboxylic acids is 2. The Bertz CT molecular complexity index is 635. The van der Waals surface area contributed by atoms with Crippen molar-refractivity contribution >= 4 is 12.1 Å². The minimum absolute atomic E-state index is 0.283. The van der Waals surface area contributed by atoms with E-state index in [0.717, 1.165) is 5.56 Å². The highest BCUT2D eigenvalue weighted by atomic mass is 16.6. The molecular formula is C20H29NO5. The molecule has 0 spiro atoms. The third kappa shape index (κ3) is 4.97. The Balaban J connectivity index is 2.14. The molecule has 2 rings (SSSR count). The number of esters is 1. The van der Waals surface area contributed by atoms with Crippen LogP contribution in [0.1, 0.15) is 46.6 Å². The van der Waals surface area contributed by atoms with Crippen molar-refractivity contribution in [1.29, 1.82) is 0 Å². The molecule has 0 unspecified atom stereocenters. The maximum Gasteiger partial charge on any atom is 0.411 e. The number of amides is 1. The standard InChI is InChI=1S/C20H29NO5/c1-19(2,3)26-18(23)21-13-15(12-16(21)17(22)24-6)25-20(4,5)14-10-8-7-9-11-14/h7-11,15-16H,12-13H2,1-6H3/t15-,16+/m1/s1. The van der Waals surface area contributed by atoms with E-state index in [4.69, 9.17) is 14.2 Å². The molecule has 6 nitrogen and oxygen atoms in total. The molecule has 1 amide bonds. The SMILES string of the molecule is COC(=O)[C@@H]1C[C@@H](OC(C)(C)c2ccccc2)CN1C(=O)OC(C)(C)C. The van der Waals surface area contributed by atoms with E-state index in [1.807, 2.05) is 44.2 Å². The zero-order valence-electron chi connectivity index (χ0n) is 16.4. The molecule has 0 bridgehead atoms. The smallest absolute Gasteiger partial charge is 0.411 e. The van der Waals surface area contributed by atoms with Gasteiger partial charge in [0.25, 0.3) is 0 Å². The normalized spacial score (nSPS) is 20.8. The van der Waals surface area contributed by atoms with Gasteiger partial charge in [-0.25, -0.2) is 9.59 Å². The van der Waals surface area contributed by atoms with Crippen molar-refractivity contribution in [3.63, 3.8) is 0 Å². The first-order chi connectivity index (χ1) is 12.0. The first kappa shape index (κ1) is 20.2. The number of methoxy groups -OCH3 is 1. The van der Waals surface area contributed by atoms with Crippen LogP contribution in [0.4, 0.5) is 4.79 Å². The van der Waals surface area contributed by atoms with Crippen LogP contribution < -0.4 is 0 Å². The van der Waals surface area contributed by atoms with E-state index in [0.29, 0.717) is 6.42 Å². The first-order valence-corrected chi connectivity index (χ1v) is 8.84. The molecule has 6 heteroatoms. The van der Waals surface area contributed by atoms with Gasteiger partial charge in [-0.2, -0.15) is 0 Å². The quantitative estimate of drug-likeness (QED) is 0.766. The van der Waals surface area contributed by atoms with E-state index in [1.165, 1.54) is 12.0 Å². The summed E-state index contributed by atoms with van der Waals surface area (Å²) in [4.78, 5) is 26.1. The van der Waals surface area contributed by atoms with E-state index in [-0.39, 0.29) is 12.6 Å². The molecule has 1 saturated heterocycles. The second-order valence-corrected chi connectivity index (χ2v) is 8.02. The van der Waals surface area contributed by atoms with Crippen molar-refractivity contribution in [3.8, 4) is 0 Å². The average molecular weight is 363 g/mol. The minimum atomic E-state index is -0.702. The van der Waals surface area contributed by atoms with E-state index in [2.05, 4.69) is 0 Å². The van der Waals surface area contributed by atoms with Gasteiger partial charge < -0.3 is 14.2 Å². The van der Waals surface area contributed by atoms with Crippen LogP contribution in [0.2, 0.25) is 0 Å². The highest BCUT2D eigenvalue weighted by Crippen LogP contribution is 2.32. The Morgan fingerprint density at radius 1 is 1.08 bits per heavy atom. The van der Waals surface area contributed by atoms with Crippen molar-refractivity contribution in [2.75, 3.05) is 13.7 Å². The number of carbonyl (C=O) groups is 2. The van der Waals surface area contributed by atoms with E-state index < -0.39 is 29.3 Å². The summed E-state index contributed by atoms with van der Waals surface area (Å²) in [6.07, 6.45) is -0.444. The number of hydrogen-bond acceptors (Lipinski definition) is 5. The zero-order valence-corrected chi connectivity index (χ0v) is 16.4. The predicted octanol–water partition coefficient (Wildman–Crippen LogP) is 3.49. The summed E-state index contributed by atoms with van der Waals surface area (Å²) >= 11 is 0. The lowest BCUT2D eigenvalue weighted by Gasteiger charge is -2.30. The Kier molecular flexibility index (Phi) is 5.96. The maximum absolute atomic E-state index is 12.5. The van der Waals surface area contributed by atoms with Gasteiger partial charge in [0.1, 0.15) is 11.6 Å². The van der Waals surface area contributed by atoms with Crippen LogP contribution >= 0.6 is 0 Å². The molecule has 0 aromatic heterocycles. The zero-order chi connectivity index (χ0) is 19.5. The highest BCUT2D eigenvalue weighted by molar-refractivity contribution is 5.82. The van der Waals surface area contributed by atoms with Crippen molar-refractivity contribution in [3.05, 3.63) is 35.9 Å². The molecule has 1 aliphatic heterocycles. The van der Waals surface area contributed by atoms with Crippen LogP contribution in [0.15, 0.2) is 30.3 Å². The molecule has 0 aliphatic carbocycles. The molecule has 26 heavy (non-hydrogen) atoms. The minimum Gasteiger partial charge on any atom is -0.467 e. The molecule has 1 aromatic rings. The fraction of sp³-hybridized carbons (Fsp3) is 0.600. The lowest BCUT2D eigenvalue weighted by molar-refractivity contribution is -0.146. The number of hydrogen-bond donors (Lipinski definition) is 0. The lowest BCUT2D eigenvalue weighted by Crippen LogP contribution is -2.44. The molecule has 0 N–H and O–H groups in total. The van der Waals surface area contributed by atoms with Crippen LogP contribution in [-0.2, 0) is 24.6 Å². The fourth-order valence-corrected chi connectivity index (χ4v) is 3.09. The van der Waals surface area contributed by atoms with Gasteiger partial charge in [0.15, 0.2) is 0 Å². The summed E-state index contributed by atoms with van der Waals surface area (Å²) in [5.41, 5.74) is -0.151. The third-order valence-electron chi connectivity index (χ3n) is 4.29. The number of rotatable bonds is 4. The number of benzene rings is 1. The topological polar surface area (TPSA) is 65.1 Å². The molecular weight excluding hydrogens is 334 g/mol. The molecule has 1 fully saturated rings. The summed E-state index contributed by atoms with van der Waals surface area (Å²) < 4.78 is 16.6. The second-order valence-electron chi connectivity index (χ2n) is 8.02. The number of likely N-dealkylation sites (tertiary alicyclic amines) is 1. The second kappa shape index (κ2) is 7.66. The largest absolute Gasteiger partial charge is 0.467 e. The lowest BCUT2D eigenvalue weighted by atomic mass is 9.97. The molecule has 1 aromatic carbocycles. The van der Waals surface area contributed by atoms with Crippen LogP contribution in [0.3, 0.4) is 0 Å². The van der Waals surface area contributed by atoms with E-state index >= 15 is 0 Å². The highest BCUT2D eigenvalue weighted by Gasteiger charge is 2.44. The molecule has 144 valence electrons. The molecule has 1 aliphatic rings. The van der Waals surface area contributed by atoms with Gasteiger partial charge in [-0.15, -0.1) is 0 Å². The van der Waals surface area contributed by atoms with Crippen LogP contribution in [0, 0.1) is 0 Å². The van der Waals surface area contributed by atoms with Crippen LogP contribution in [0.5, 0.6) is 0 Å². The Hall–Kier alpha value is -2.08. The van der Waals surface area contributed by atoms with Gasteiger partial charge in [0.2, 0.25) is 0 Å². The van der Waals surface area contributed by atoms with Crippen LogP contribution in [-0.4, -0.2) is 48.4 Å². The van der Waals surface area contributed by atoms with E-state index in [9.17, 15) is 9.59 Å². The third-order valence-corrected chi connectivity index (χ3v) is 4.29. The van der Waals surface area contributed by atoms with Gasteiger partial charge in [0, 0.05) is 6.42 Å². The Morgan fingerprint density at radius 3 is 2.23 bits per heavy atom. The molecule has 2 atom stereocenters. The van der Waals surface area contributed by atoms with Crippen molar-refractivity contribution in [2.24, 2.45) is 0 Å². The predicted molar refractivity (Wildman–Crippen MR) is 97.7 cm³/mol. The summed E-state index contributed by atoms with van der Waals surface area (Å²) in [6.45, 7) is 9.62. The van der Waals surface area contributed by atoms with Gasteiger partial charge >= 0.3 is 12.1 Å².